The van der Waals surface area contributed by atoms with Gasteiger partial charge in [-0.2, -0.15) is 0 Å². The molecule has 1 fully saturated rings. The van der Waals surface area contributed by atoms with Crippen LogP contribution in [0.5, 0.6) is 0 Å². The van der Waals surface area contributed by atoms with Crippen LogP contribution in [0.15, 0.2) is 24.3 Å². The van der Waals surface area contributed by atoms with E-state index in [1.165, 1.54) is 0 Å². The van der Waals surface area contributed by atoms with Gasteiger partial charge in [0.25, 0.3) is 0 Å². The van der Waals surface area contributed by atoms with E-state index in [0.29, 0.717) is 24.4 Å². The normalized spacial score (nSPS) is 21.8. The fourth-order valence-corrected chi connectivity index (χ4v) is 4.00. The fraction of sp³-hybridized carbons (Fsp3) is 0.462. The molecule has 0 radical (unpaired) electrons. The fourth-order valence-electron chi connectivity index (χ4n) is 2.17. The van der Waals surface area contributed by atoms with Crippen molar-refractivity contribution in [3.63, 3.8) is 0 Å². The molecule has 1 unspecified atom stereocenters. The molecular weight excluding hydrogens is 286 g/mol. The first-order valence-electron chi connectivity index (χ1n) is 6.19. The summed E-state index contributed by atoms with van der Waals surface area (Å²) in [5.74, 6) is -0.419. The highest BCUT2D eigenvalue weighted by Gasteiger charge is 2.29. The maximum absolute atomic E-state index is 11.9. The number of sulfone groups is 1. The number of hydrogen-bond donors (Lipinski definition) is 1. The lowest BCUT2D eigenvalue weighted by Crippen LogP contribution is -2.37. The van der Waals surface area contributed by atoms with Crippen LogP contribution in [-0.4, -0.2) is 25.8 Å². The maximum Gasteiger partial charge on any atom is 0.224 e. The summed E-state index contributed by atoms with van der Waals surface area (Å²) in [4.78, 5) is 11.9. The first kappa shape index (κ1) is 14.3. The lowest BCUT2D eigenvalue weighted by molar-refractivity contribution is -0.124. The highest BCUT2D eigenvalue weighted by Crippen LogP contribution is 2.18. The Morgan fingerprint density at radius 2 is 2.00 bits per heavy atom. The number of nitrogens with one attached hydrogen (secondary N) is 1. The van der Waals surface area contributed by atoms with Crippen LogP contribution >= 0.6 is 11.6 Å². The zero-order chi connectivity index (χ0) is 13.9. The monoisotopic (exact) mass is 301 g/mol. The van der Waals surface area contributed by atoms with Crippen molar-refractivity contribution >= 4 is 27.3 Å². The molecule has 1 aliphatic heterocycles. The molecule has 104 valence electrons. The Bertz CT molecular complexity index is 554. The Balaban J connectivity index is 1.89. The standard InChI is InChI=1S/C13H16ClNO3S/c14-12-5-3-10(4-6-12)8-15-13(16)11-2-1-7-19(17,18)9-11/h3-6,11H,1-2,7-9H2,(H,15,16). The van der Waals surface area contributed by atoms with E-state index in [1.54, 1.807) is 12.1 Å². The number of halogens is 1. The van der Waals surface area contributed by atoms with Crippen LogP contribution in [0.1, 0.15) is 18.4 Å². The third kappa shape index (κ3) is 4.21. The summed E-state index contributed by atoms with van der Waals surface area (Å²) < 4.78 is 23.0. The molecule has 1 saturated heterocycles. The van der Waals surface area contributed by atoms with Gasteiger partial charge in [0.05, 0.1) is 17.4 Å². The van der Waals surface area contributed by atoms with Gasteiger partial charge in [-0.1, -0.05) is 23.7 Å². The van der Waals surface area contributed by atoms with Crippen LogP contribution in [0.2, 0.25) is 5.02 Å². The molecule has 19 heavy (non-hydrogen) atoms. The van der Waals surface area contributed by atoms with E-state index in [2.05, 4.69) is 5.32 Å². The van der Waals surface area contributed by atoms with E-state index in [1.807, 2.05) is 12.1 Å². The van der Waals surface area contributed by atoms with Gasteiger partial charge in [0.1, 0.15) is 0 Å². The van der Waals surface area contributed by atoms with Crippen molar-refractivity contribution in [2.45, 2.75) is 19.4 Å². The molecule has 2 rings (SSSR count). The Morgan fingerprint density at radius 3 is 2.63 bits per heavy atom. The first-order chi connectivity index (χ1) is 8.96. The number of benzene rings is 1. The molecule has 1 heterocycles. The number of carbonyl (C=O) groups excluding carboxylic acids is 1. The van der Waals surface area contributed by atoms with Crippen molar-refractivity contribution in [1.82, 2.24) is 5.32 Å². The van der Waals surface area contributed by atoms with Gasteiger partial charge in [-0.05, 0) is 30.5 Å². The van der Waals surface area contributed by atoms with E-state index >= 15 is 0 Å². The largest absolute Gasteiger partial charge is 0.352 e. The number of rotatable bonds is 3. The molecule has 1 aromatic carbocycles. The summed E-state index contributed by atoms with van der Waals surface area (Å²) in [6, 6.07) is 7.18. The van der Waals surface area contributed by atoms with Crippen LogP contribution in [0.4, 0.5) is 0 Å². The van der Waals surface area contributed by atoms with Crippen LogP contribution in [0, 0.1) is 5.92 Å². The third-order valence-corrected chi connectivity index (χ3v) is 5.29. The molecule has 1 N–H and O–H groups in total. The van der Waals surface area contributed by atoms with Gasteiger partial charge >= 0.3 is 0 Å². The minimum Gasteiger partial charge on any atom is -0.352 e. The van der Waals surface area contributed by atoms with Gasteiger partial charge in [0.2, 0.25) is 5.91 Å². The number of hydrogen-bond acceptors (Lipinski definition) is 3. The van der Waals surface area contributed by atoms with Gasteiger partial charge in [-0.25, -0.2) is 8.42 Å². The Labute approximate surface area is 118 Å². The van der Waals surface area contributed by atoms with E-state index in [4.69, 9.17) is 11.6 Å². The average molecular weight is 302 g/mol. The zero-order valence-corrected chi connectivity index (χ0v) is 12.0. The minimum atomic E-state index is -3.04. The molecule has 1 aliphatic rings. The van der Waals surface area contributed by atoms with Gasteiger partial charge < -0.3 is 5.32 Å². The third-order valence-electron chi connectivity index (χ3n) is 3.21. The predicted octanol–water partition coefficient (Wildman–Crippen LogP) is 1.78. The van der Waals surface area contributed by atoms with Crippen molar-refractivity contribution in [3.05, 3.63) is 34.9 Å². The summed E-state index contributed by atoms with van der Waals surface area (Å²) in [5.41, 5.74) is 0.941. The summed E-state index contributed by atoms with van der Waals surface area (Å²) in [6.07, 6.45) is 1.22. The summed E-state index contributed by atoms with van der Waals surface area (Å²) in [6.45, 7) is 0.395. The molecule has 0 aliphatic carbocycles. The first-order valence-corrected chi connectivity index (χ1v) is 8.39. The second kappa shape index (κ2) is 5.92. The van der Waals surface area contributed by atoms with Gasteiger partial charge in [0.15, 0.2) is 9.84 Å². The zero-order valence-electron chi connectivity index (χ0n) is 10.4. The molecular formula is C13H16ClNO3S. The molecule has 1 aromatic rings. The SMILES string of the molecule is O=C(NCc1ccc(Cl)cc1)C1CCCS(=O)(=O)C1. The van der Waals surface area contributed by atoms with Crippen molar-refractivity contribution in [2.24, 2.45) is 5.92 Å². The van der Waals surface area contributed by atoms with E-state index in [-0.39, 0.29) is 17.4 Å². The van der Waals surface area contributed by atoms with Crippen LogP contribution in [0.25, 0.3) is 0 Å². The highest BCUT2D eigenvalue weighted by molar-refractivity contribution is 7.91. The summed E-state index contributed by atoms with van der Waals surface area (Å²) in [5, 5.41) is 3.43. The smallest absolute Gasteiger partial charge is 0.224 e. The second-order valence-electron chi connectivity index (χ2n) is 4.80. The number of amides is 1. The van der Waals surface area contributed by atoms with Crippen molar-refractivity contribution in [2.75, 3.05) is 11.5 Å². The predicted molar refractivity (Wildman–Crippen MR) is 74.7 cm³/mol. The van der Waals surface area contributed by atoms with Gasteiger partial charge in [0, 0.05) is 11.6 Å². The molecule has 0 aromatic heterocycles. The summed E-state index contributed by atoms with van der Waals surface area (Å²) in [7, 11) is -3.04. The lowest BCUT2D eigenvalue weighted by Gasteiger charge is -2.21. The van der Waals surface area contributed by atoms with Gasteiger partial charge in [-0.15, -0.1) is 0 Å². The van der Waals surface area contributed by atoms with E-state index < -0.39 is 15.8 Å². The molecule has 4 nitrogen and oxygen atoms in total. The molecule has 6 heteroatoms. The van der Waals surface area contributed by atoms with Crippen LogP contribution in [0.3, 0.4) is 0 Å². The van der Waals surface area contributed by atoms with Crippen molar-refractivity contribution in [1.29, 1.82) is 0 Å². The van der Waals surface area contributed by atoms with Crippen molar-refractivity contribution in [3.8, 4) is 0 Å². The highest BCUT2D eigenvalue weighted by atomic mass is 35.5. The topological polar surface area (TPSA) is 63.2 Å². The average Bonchev–Trinajstić information content (AvgIpc) is 2.36. The Hall–Kier alpha value is -1.07. The molecule has 1 amide bonds. The van der Waals surface area contributed by atoms with Gasteiger partial charge in [-0.3, -0.25) is 4.79 Å². The van der Waals surface area contributed by atoms with E-state index in [9.17, 15) is 13.2 Å². The van der Waals surface area contributed by atoms with E-state index in [0.717, 1.165) is 5.56 Å². The minimum absolute atomic E-state index is 0.0283. The van der Waals surface area contributed by atoms with Crippen LogP contribution in [-0.2, 0) is 21.2 Å². The maximum atomic E-state index is 11.9. The number of carbonyl (C=O) groups is 1. The van der Waals surface area contributed by atoms with Crippen LogP contribution < -0.4 is 5.32 Å². The summed E-state index contributed by atoms with van der Waals surface area (Å²) >= 11 is 5.77. The van der Waals surface area contributed by atoms with Crippen molar-refractivity contribution < 1.29 is 13.2 Å². The molecule has 0 spiro atoms. The molecule has 0 saturated carbocycles. The lowest BCUT2D eigenvalue weighted by atomic mass is 10.0. The molecule has 0 bridgehead atoms. The quantitative estimate of drug-likeness (QED) is 0.925. The Morgan fingerprint density at radius 1 is 1.32 bits per heavy atom. The second-order valence-corrected chi connectivity index (χ2v) is 7.46. The Kier molecular flexibility index (Phi) is 4.47. The molecule has 1 atom stereocenters.